The summed E-state index contributed by atoms with van der Waals surface area (Å²) in [6.45, 7) is 9.06. The monoisotopic (exact) mass is 874 g/mol. The zero-order valence-corrected chi connectivity index (χ0v) is 37.3. The second-order valence-electron chi connectivity index (χ2n) is 18.6. The van der Waals surface area contributed by atoms with Crippen LogP contribution in [0.15, 0.2) is 85.1 Å². The summed E-state index contributed by atoms with van der Waals surface area (Å²) in [6, 6.07) is 27.7. The average Bonchev–Trinajstić information content (AvgIpc) is 4.13. The molecule has 0 saturated carbocycles. The molecule has 1 fully saturated rings. The number of hydrogen-bond donors (Lipinski definition) is 0. The number of ether oxygens (including phenoxy) is 6. The summed E-state index contributed by atoms with van der Waals surface area (Å²) in [5, 5.41) is 10.0. The molecule has 5 aliphatic rings. The lowest BCUT2D eigenvalue weighted by Gasteiger charge is -2.32. The van der Waals surface area contributed by atoms with Gasteiger partial charge in [0.05, 0.1) is 55.6 Å². The van der Waals surface area contributed by atoms with Crippen molar-refractivity contribution in [1.29, 1.82) is 5.26 Å². The Hall–Kier alpha value is -6.36. The van der Waals surface area contributed by atoms with E-state index in [0.717, 1.165) is 57.2 Å². The molecular weight excluding hydrogens is 823 g/mol. The average molecular weight is 875 g/mol. The van der Waals surface area contributed by atoms with Crippen molar-refractivity contribution < 1.29 is 47.3 Å². The van der Waals surface area contributed by atoms with Crippen LogP contribution in [0.5, 0.6) is 23.0 Å². The van der Waals surface area contributed by atoms with Gasteiger partial charge in [0.2, 0.25) is 0 Å². The zero-order valence-electron chi connectivity index (χ0n) is 37.3. The molecular formula is C52H51BN2O10. The first kappa shape index (κ1) is 42.6. The quantitative estimate of drug-likeness (QED) is 0.0874. The number of carbonyl (C=O) groups excluding carboxylic acids is 2. The van der Waals surface area contributed by atoms with Crippen LogP contribution >= 0.6 is 0 Å². The Labute approximate surface area is 379 Å². The molecule has 0 spiro atoms. The van der Waals surface area contributed by atoms with Crippen molar-refractivity contribution in [2.24, 2.45) is 0 Å². The number of esters is 2. The van der Waals surface area contributed by atoms with E-state index in [-0.39, 0.29) is 55.4 Å². The van der Waals surface area contributed by atoms with E-state index in [2.05, 4.69) is 56.9 Å². The molecule has 4 heterocycles. The van der Waals surface area contributed by atoms with Crippen LogP contribution in [0, 0.1) is 11.3 Å². The van der Waals surface area contributed by atoms with E-state index in [9.17, 15) is 14.9 Å². The van der Waals surface area contributed by atoms with Crippen molar-refractivity contribution in [3.05, 3.63) is 130 Å². The molecule has 2 aliphatic carbocycles. The Balaban J connectivity index is 0.813. The molecule has 12 nitrogen and oxygen atoms in total. The predicted molar refractivity (Wildman–Crippen MR) is 240 cm³/mol. The number of carbonyl (C=O) groups is 2. The maximum Gasteiger partial charge on any atom is 0.495 e. The highest BCUT2D eigenvalue weighted by molar-refractivity contribution is 6.62. The summed E-state index contributed by atoms with van der Waals surface area (Å²) in [5.74, 6) is 1.88. The summed E-state index contributed by atoms with van der Waals surface area (Å²) in [4.78, 5) is 30.1. The van der Waals surface area contributed by atoms with Gasteiger partial charge in [-0.05, 0) is 123 Å². The third-order valence-corrected chi connectivity index (χ3v) is 14.0. The Kier molecular flexibility index (Phi) is 11.1. The lowest BCUT2D eigenvalue weighted by molar-refractivity contribution is -0.145. The predicted octanol–water partition coefficient (Wildman–Crippen LogP) is 8.70. The van der Waals surface area contributed by atoms with Gasteiger partial charge in [-0.3, -0.25) is 14.6 Å². The smallest absolute Gasteiger partial charge is 0.492 e. The minimum atomic E-state index is -0.428. The highest BCUT2D eigenvalue weighted by Gasteiger charge is 2.52. The molecule has 3 aliphatic heterocycles. The first-order valence-electron chi connectivity index (χ1n) is 22.5. The van der Waals surface area contributed by atoms with Crippen molar-refractivity contribution in [3.8, 4) is 40.3 Å². The summed E-state index contributed by atoms with van der Waals surface area (Å²) >= 11 is 0. The Morgan fingerprint density at radius 2 is 1.38 bits per heavy atom. The number of methoxy groups -OCH3 is 1. The summed E-state index contributed by atoms with van der Waals surface area (Å²) in [6.07, 6.45) is 4.77. The van der Waals surface area contributed by atoms with E-state index < -0.39 is 18.3 Å². The SMILES string of the molecule is COC(=O)C[C@@H]1COc2cc(O[C@@H]3CCc4c(-c5ncccc5C#N)cc(COC(=O)C[C@@H]5COc6cc(O[C@@H]7CCc8c(B9OC(C)(C)C(C)(C)O9)cccc87)ccc65)cc43)ccc21. The lowest BCUT2D eigenvalue weighted by atomic mass is 9.75. The van der Waals surface area contributed by atoms with Crippen molar-refractivity contribution in [3.63, 3.8) is 0 Å². The zero-order chi connectivity index (χ0) is 45.0. The van der Waals surface area contributed by atoms with Gasteiger partial charge in [-0.25, -0.2) is 0 Å². The maximum absolute atomic E-state index is 13.5. The van der Waals surface area contributed by atoms with Crippen LogP contribution in [0.25, 0.3) is 11.3 Å². The van der Waals surface area contributed by atoms with Gasteiger partial charge >= 0.3 is 19.1 Å². The number of benzene rings is 4. The Bertz CT molecular complexity index is 2730. The van der Waals surface area contributed by atoms with Crippen LogP contribution in [-0.2, 0) is 47.8 Å². The fraction of sp³-hybridized carbons (Fsp3) is 0.385. The van der Waals surface area contributed by atoms with Gasteiger partial charge in [-0.2, -0.15) is 5.26 Å². The van der Waals surface area contributed by atoms with Crippen molar-refractivity contribution in [2.45, 2.75) is 108 Å². The molecule has 10 rings (SSSR count). The van der Waals surface area contributed by atoms with Crippen LogP contribution in [0.2, 0.25) is 0 Å². The first-order valence-corrected chi connectivity index (χ1v) is 22.5. The van der Waals surface area contributed by atoms with Crippen molar-refractivity contribution in [1.82, 2.24) is 4.98 Å². The highest BCUT2D eigenvalue weighted by Crippen LogP contribution is 2.46. The summed E-state index contributed by atoms with van der Waals surface area (Å²) in [5.41, 5.74) is 9.10. The van der Waals surface area contributed by atoms with Crippen LogP contribution in [0.4, 0.5) is 0 Å². The Morgan fingerprint density at radius 1 is 0.754 bits per heavy atom. The van der Waals surface area contributed by atoms with Gasteiger partial charge in [0, 0.05) is 46.9 Å². The first-order chi connectivity index (χ1) is 31.4. The minimum absolute atomic E-state index is 0.0289. The second kappa shape index (κ2) is 16.9. The molecule has 4 atom stereocenters. The van der Waals surface area contributed by atoms with Crippen molar-refractivity contribution in [2.75, 3.05) is 20.3 Å². The van der Waals surface area contributed by atoms with E-state index in [1.807, 2.05) is 48.5 Å². The number of aromatic nitrogens is 1. The standard InChI is InChI=1S/C52H51BN2O10/c1-51(2)52(3,4)65-53(64-51)43-10-6-9-40-39(43)16-18-44(40)62-34-11-14-37-33(29-60-47(37)24-34)23-49(57)61-27-30-20-41-38(42(21-30)50-31(26-54)8-7-19-55-50)15-17-45(41)63-35-12-13-36-32(22-48(56)58-5)28-59-46(36)25-35/h6-14,19-21,24-25,32-33,44-45H,15-18,22-23,27-29H2,1-5H3/t32-,33-,44-,45-/m1/s1. The molecule has 0 N–H and O–H groups in total. The number of hydrogen-bond acceptors (Lipinski definition) is 12. The molecule has 5 aromatic rings. The van der Waals surface area contributed by atoms with E-state index in [4.69, 9.17) is 37.7 Å². The van der Waals surface area contributed by atoms with Crippen LogP contribution in [0.1, 0.15) is 122 Å². The fourth-order valence-electron chi connectivity index (χ4n) is 9.87. The van der Waals surface area contributed by atoms with E-state index in [0.29, 0.717) is 60.3 Å². The second-order valence-corrected chi connectivity index (χ2v) is 18.6. The largest absolute Gasteiger partial charge is 0.495 e. The number of fused-ring (bicyclic) bond motifs is 4. The molecule has 1 saturated heterocycles. The topological polar surface area (TPSA) is 145 Å². The number of rotatable bonds is 12. The van der Waals surface area contributed by atoms with Crippen LogP contribution in [-0.4, -0.2) is 55.6 Å². The number of pyridine rings is 1. The van der Waals surface area contributed by atoms with Crippen molar-refractivity contribution >= 4 is 24.5 Å². The van der Waals surface area contributed by atoms with Gasteiger partial charge in [-0.1, -0.05) is 30.3 Å². The summed E-state index contributed by atoms with van der Waals surface area (Å²) < 4.78 is 48.9. The molecule has 0 radical (unpaired) electrons. The van der Waals surface area contributed by atoms with E-state index in [1.54, 1.807) is 18.3 Å². The normalized spacial score (nSPS) is 21.6. The molecule has 332 valence electrons. The molecule has 1 aromatic heterocycles. The van der Waals surface area contributed by atoms with Crippen LogP contribution < -0.4 is 24.4 Å². The molecule has 65 heavy (non-hydrogen) atoms. The number of nitrogens with zero attached hydrogens (tertiary/aromatic N) is 2. The summed E-state index contributed by atoms with van der Waals surface area (Å²) in [7, 11) is 0.958. The molecule has 0 unspecified atom stereocenters. The molecule has 13 heteroatoms. The molecule has 4 aromatic carbocycles. The van der Waals surface area contributed by atoms with Gasteiger partial charge in [0.15, 0.2) is 0 Å². The van der Waals surface area contributed by atoms with Gasteiger partial charge < -0.3 is 37.7 Å². The third-order valence-electron chi connectivity index (χ3n) is 14.0. The fourth-order valence-corrected chi connectivity index (χ4v) is 9.87. The van der Waals surface area contributed by atoms with E-state index >= 15 is 0 Å². The highest BCUT2D eigenvalue weighted by atomic mass is 16.7. The number of nitriles is 1. The molecule has 0 amide bonds. The van der Waals surface area contributed by atoms with E-state index in [1.165, 1.54) is 12.7 Å². The minimum Gasteiger partial charge on any atom is -0.492 e. The Morgan fingerprint density at radius 3 is 2.03 bits per heavy atom. The van der Waals surface area contributed by atoms with Gasteiger partial charge in [0.1, 0.15) is 47.9 Å². The maximum atomic E-state index is 13.5. The van der Waals surface area contributed by atoms with Gasteiger partial charge in [-0.15, -0.1) is 0 Å². The molecule has 0 bridgehead atoms. The third kappa shape index (κ3) is 8.08. The van der Waals surface area contributed by atoms with Gasteiger partial charge in [0.25, 0.3) is 0 Å². The lowest BCUT2D eigenvalue weighted by Crippen LogP contribution is -2.41. The van der Waals surface area contributed by atoms with Crippen LogP contribution in [0.3, 0.4) is 0 Å².